The van der Waals surface area contributed by atoms with Gasteiger partial charge in [-0.1, -0.05) is 24.3 Å². The Hall–Kier alpha value is -3.93. The molecule has 0 bridgehead atoms. The molecule has 0 aliphatic heterocycles. The van der Waals surface area contributed by atoms with E-state index in [9.17, 15) is 9.59 Å². The highest BCUT2D eigenvalue weighted by atomic mass is 16.5. The Bertz CT molecular complexity index is 1260. The van der Waals surface area contributed by atoms with Gasteiger partial charge in [-0.2, -0.15) is 0 Å². The molecule has 6 heteroatoms. The van der Waals surface area contributed by atoms with Crippen molar-refractivity contribution in [3.8, 4) is 17.1 Å². The third-order valence-corrected chi connectivity index (χ3v) is 5.12. The van der Waals surface area contributed by atoms with E-state index in [1.54, 1.807) is 31.2 Å². The number of carbonyl (C=O) groups excluding carboxylic acids is 2. The summed E-state index contributed by atoms with van der Waals surface area (Å²) in [6.07, 6.45) is -0.721. The number of ketones is 1. The Morgan fingerprint density at radius 1 is 1.00 bits per heavy atom. The zero-order valence-electron chi connectivity index (χ0n) is 17.6. The molecular weight excluding hydrogens is 390 g/mol. The molecule has 156 valence electrons. The van der Waals surface area contributed by atoms with Crippen LogP contribution in [0.15, 0.2) is 72.8 Å². The van der Waals surface area contributed by atoms with Crippen LogP contribution in [0.2, 0.25) is 0 Å². The van der Waals surface area contributed by atoms with Gasteiger partial charge in [0.05, 0.1) is 11.0 Å². The molecule has 4 aromatic rings. The molecular formula is C25H23N3O3. The number of anilines is 1. The lowest BCUT2D eigenvalue weighted by Crippen LogP contribution is -2.30. The Morgan fingerprint density at radius 3 is 2.45 bits per heavy atom. The van der Waals surface area contributed by atoms with E-state index in [0.29, 0.717) is 17.0 Å². The molecule has 0 saturated carbocycles. The SMILES string of the molecule is CC(=O)c1cccc(OC(C)C(=O)Nc2ccc(-c3nc4ccccc4n3C)cc2)c1. The number of imidazole rings is 1. The Kier molecular flexibility index (Phi) is 5.54. The zero-order valence-corrected chi connectivity index (χ0v) is 17.6. The molecule has 0 aliphatic rings. The fraction of sp³-hybridized carbons (Fsp3) is 0.160. The highest BCUT2D eigenvalue weighted by Crippen LogP contribution is 2.25. The van der Waals surface area contributed by atoms with Gasteiger partial charge in [-0.15, -0.1) is 0 Å². The van der Waals surface area contributed by atoms with E-state index in [1.807, 2.05) is 60.1 Å². The largest absolute Gasteiger partial charge is 0.481 e. The number of hydrogen-bond donors (Lipinski definition) is 1. The van der Waals surface area contributed by atoms with Gasteiger partial charge in [0.2, 0.25) is 0 Å². The van der Waals surface area contributed by atoms with Gasteiger partial charge in [0.1, 0.15) is 11.6 Å². The summed E-state index contributed by atoms with van der Waals surface area (Å²) in [5.74, 6) is 1.01. The van der Waals surface area contributed by atoms with Gasteiger partial charge in [-0.05, 0) is 62.4 Å². The predicted molar refractivity (Wildman–Crippen MR) is 121 cm³/mol. The smallest absolute Gasteiger partial charge is 0.265 e. The van der Waals surface area contributed by atoms with Crippen molar-refractivity contribution in [2.24, 2.45) is 7.05 Å². The van der Waals surface area contributed by atoms with Gasteiger partial charge in [-0.3, -0.25) is 9.59 Å². The molecule has 1 unspecified atom stereocenters. The molecule has 31 heavy (non-hydrogen) atoms. The number of nitrogens with one attached hydrogen (secondary N) is 1. The highest BCUT2D eigenvalue weighted by Gasteiger charge is 2.16. The number of nitrogens with zero attached hydrogens (tertiary/aromatic N) is 2. The van der Waals surface area contributed by atoms with Crippen LogP contribution < -0.4 is 10.1 Å². The molecule has 0 radical (unpaired) electrons. The minimum absolute atomic E-state index is 0.0525. The van der Waals surface area contributed by atoms with E-state index >= 15 is 0 Å². The molecule has 1 amide bonds. The standard InChI is InChI=1S/C25H23N3O3/c1-16(29)19-7-6-8-21(15-19)31-17(2)25(30)26-20-13-11-18(12-14-20)24-27-22-9-4-5-10-23(22)28(24)3/h4-15,17H,1-3H3,(H,26,30). The van der Waals surface area contributed by atoms with Crippen LogP contribution in [-0.2, 0) is 11.8 Å². The number of ether oxygens (including phenoxy) is 1. The first kappa shape index (κ1) is 20.3. The third kappa shape index (κ3) is 4.33. The topological polar surface area (TPSA) is 73.2 Å². The molecule has 0 fully saturated rings. The summed E-state index contributed by atoms with van der Waals surface area (Å²) in [5.41, 5.74) is 4.18. The van der Waals surface area contributed by atoms with Crippen LogP contribution in [0.25, 0.3) is 22.4 Å². The van der Waals surface area contributed by atoms with Gasteiger partial charge in [0.15, 0.2) is 11.9 Å². The first-order chi connectivity index (χ1) is 14.9. The van der Waals surface area contributed by atoms with Crippen LogP contribution in [0.1, 0.15) is 24.2 Å². The van der Waals surface area contributed by atoms with Gasteiger partial charge >= 0.3 is 0 Å². The maximum atomic E-state index is 12.5. The fourth-order valence-corrected chi connectivity index (χ4v) is 3.40. The maximum Gasteiger partial charge on any atom is 0.265 e. The van der Waals surface area contributed by atoms with Crippen molar-refractivity contribution in [2.75, 3.05) is 5.32 Å². The second kappa shape index (κ2) is 8.44. The predicted octanol–water partition coefficient (Wildman–Crippen LogP) is 4.85. The molecule has 0 spiro atoms. The molecule has 0 aliphatic carbocycles. The van der Waals surface area contributed by atoms with Gasteiger partial charge in [-0.25, -0.2) is 4.98 Å². The normalized spacial score (nSPS) is 11.8. The van der Waals surface area contributed by atoms with E-state index in [0.717, 1.165) is 22.4 Å². The van der Waals surface area contributed by atoms with Crippen LogP contribution in [-0.4, -0.2) is 27.3 Å². The summed E-state index contributed by atoms with van der Waals surface area (Å²) >= 11 is 0. The Morgan fingerprint density at radius 2 is 1.74 bits per heavy atom. The van der Waals surface area contributed by atoms with Gasteiger partial charge < -0.3 is 14.6 Å². The quantitative estimate of drug-likeness (QED) is 0.459. The van der Waals surface area contributed by atoms with E-state index in [1.165, 1.54) is 6.92 Å². The van der Waals surface area contributed by atoms with Crippen molar-refractivity contribution in [3.05, 3.63) is 78.4 Å². The van der Waals surface area contributed by atoms with E-state index < -0.39 is 6.10 Å². The third-order valence-electron chi connectivity index (χ3n) is 5.12. The number of aryl methyl sites for hydroxylation is 1. The minimum atomic E-state index is -0.721. The molecule has 1 N–H and O–H groups in total. The first-order valence-corrected chi connectivity index (χ1v) is 10.0. The lowest BCUT2D eigenvalue weighted by atomic mass is 10.1. The van der Waals surface area contributed by atoms with Crippen molar-refractivity contribution in [1.82, 2.24) is 9.55 Å². The summed E-state index contributed by atoms with van der Waals surface area (Å²) in [6.45, 7) is 3.16. The zero-order chi connectivity index (χ0) is 22.0. The van der Waals surface area contributed by atoms with Crippen molar-refractivity contribution < 1.29 is 14.3 Å². The van der Waals surface area contributed by atoms with Gasteiger partial charge in [0, 0.05) is 23.9 Å². The number of amides is 1. The first-order valence-electron chi connectivity index (χ1n) is 10.0. The van der Waals surface area contributed by atoms with Crippen LogP contribution in [0, 0.1) is 0 Å². The van der Waals surface area contributed by atoms with Crippen molar-refractivity contribution in [2.45, 2.75) is 20.0 Å². The highest BCUT2D eigenvalue weighted by molar-refractivity contribution is 5.95. The van der Waals surface area contributed by atoms with Crippen LogP contribution in [0.4, 0.5) is 5.69 Å². The molecule has 0 saturated heterocycles. The number of rotatable bonds is 6. The number of hydrogen-bond acceptors (Lipinski definition) is 4. The second-order valence-corrected chi connectivity index (χ2v) is 7.39. The molecule has 4 rings (SSSR count). The van der Waals surface area contributed by atoms with Crippen LogP contribution >= 0.6 is 0 Å². The summed E-state index contributed by atoms with van der Waals surface area (Å²) in [4.78, 5) is 28.8. The molecule has 3 aromatic carbocycles. The summed E-state index contributed by atoms with van der Waals surface area (Å²) < 4.78 is 7.75. The number of para-hydroxylation sites is 2. The summed E-state index contributed by atoms with van der Waals surface area (Å²) in [7, 11) is 1.99. The number of carbonyl (C=O) groups is 2. The molecule has 1 aromatic heterocycles. The van der Waals surface area contributed by atoms with Crippen molar-refractivity contribution >= 4 is 28.4 Å². The average molecular weight is 413 g/mol. The number of fused-ring (bicyclic) bond motifs is 1. The number of benzene rings is 3. The van der Waals surface area contributed by atoms with E-state index in [-0.39, 0.29) is 11.7 Å². The fourth-order valence-electron chi connectivity index (χ4n) is 3.40. The van der Waals surface area contributed by atoms with Gasteiger partial charge in [0.25, 0.3) is 5.91 Å². The summed E-state index contributed by atoms with van der Waals surface area (Å²) in [5, 5.41) is 2.86. The molecule has 6 nitrogen and oxygen atoms in total. The molecule has 1 atom stereocenters. The monoisotopic (exact) mass is 413 g/mol. The van der Waals surface area contributed by atoms with Crippen molar-refractivity contribution in [1.29, 1.82) is 0 Å². The van der Waals surface area contributed by atoms with Crippen LogP contribution in [0.5, 0.6) is 5.75 Å². The number of aromatic nitrogens is 2. The van der Waals surface area contributed by atoms with Crippen LogP contribution in [0.3, 0.4) is 0 Å². The molecule has 1 heterocycles. The van der Waals surface area contributed by atoms with Crippen molar-refractivity contribution in [3.63, 3.8) is 0 Å². The lowest BCUT2D eigenvalue weighted by molar-refractivity contribution is -0.122. The average Bonchev–Trinajstić information content (AvgIpc) is 3.11. The Balaban J connectivity index is 1.44. The maximum absolute atomic E-state index is 12.5. The Labute approximate surface area is 180 Å². The van der Waals surface area contributed by atoms with E-state index in [4.69, 9.17) is 9.72 Å². The minimum Gasteiger partial charge on any atom is -0.481 e. The summed E-state index contributed by atoms with van der Waals surface area (Å²) in [6, 6.07) is 22.3. The second-order valence-electron chi connectivity index (χ2n) is 7.39. The lowest BCUT2D eigenvalue weighted by Gasteiger charge is -2.15. The number of Topliss-reactive ketones (excluding diaryl/α,β-unsaturated/α-hetero) is 1. The van der Waals surface area contributed by atoms with E-state index in [2.05, 4.69) is 5.32 Å².